The first-order valence-corrected chi connectivity index (χ1v) is 9.32. The summed E-state index contributed by atoms with van der Waals surface area (Å²) in [5.74, 6) is -1.68. The maximum absolute atomic E-state index is 12.7. The lowest BCUT2D eigenvalue weighted by Crippen LogP contribution is -2.22. The zero-order valence-corrected chi connectivity index (χ0v) is 16.5. The first kappa shape index (κ1) is 20.6. The van der Waals surface area contributed by atoms with Crippen molar-refractivity contribution in [3.05, 3.63) is 99.5 Å². The van der Waals surface area contributed by atoms with Crippen molar-refractivity contribution in [3.8, 4) is 0 Å². The van der Waals surface area contributed by atoms with Gasteiger partial charge in [0.05, 0.1) is 16.3 Å². The summed E-state index contributed by atoms with van der Waals surface area (Å²) < 4.78 is 5.08. The molecule has 0 saturated heterocycles. The highest BCUT2D eigenvalue weighted by Gasteiger charge is 2.20. The Labute approximate surface area is 177 Å². The van der Waals surface area contributed by atoms with Crippen LogP contribution in [-0.2, 0) is 9.53 Å². The van der Waals surface area contributed by atoms with E-state index in [4.69, 9.17) is 27.9 Å². The molecule has 0 bridgehead atoms. The van der Waals surface area contributed by atoms with Crippen molar-refractivity contribution in [2.45, 2.75) is 0 Å². The number of nitrogens with one attached hydrogen (secondary N) is 1. The second-order valence-corrected chi connectivity index (χ2v) is 6.83. The van der Waals surface area contributed by atoms with Crippen LogP contribution in [0, 0.1) is 0 Å². The second-order valence-electron chi connectivity index (χ2n) is 5.99. The van der Waals surface area contributed by atoms with E-state index in [-0.39, 0.29) is 16.9 Å². The summed E-state index contributed by atoms with van der Waals surface area (Å²) in [7, 11) is 0. The van der Waals surface area contributed by atoms with E-state index >= 15 is 0 Å². The molecule has 5 nitrogen and oxygen atoms in total. The molecular formula is C22H15Cl2NO4. The Hall–Kier alpha value is -3.15. The predicted molar refractivity (Wildman–Crippen MR) is 112 cm³/mol. The van der Waals surface area contributed by atoms with Gasteiger partial charge in [0, 0.05) is 16.1 Å². The Morgan fingerprint density at radius 1 is 0.828 bits per heavy atom. The number of ether oxygens (including phenoxy) is 1. The van der Waals surface area contributed by atoms with Gasteiger partial charge in [-0.1, -0.05) is 71.7 Å². The molecule has 0 atom stereocenters. The van der Waals surface area contributed by atoms with Crippen LogP contribution < -0.4 is 5.32 Å². The van der Waals surface area contributed by atoms with Crippen LogP contribution >= 0.6 is 23.2 Å². The number of carbonyl (C=O) groups is 3. The van der Waals surface area contributed by atoms with Crippen LogP contribution in [0.1, 0.15) is 26.3 Å². The lowest BCUT2D eigenvalue weighted by atomic mass is 9.98. The highest BCUT2D eigenvalue weighted by molar-refractivity contribution is 6.35. The maximum Gasteiger partial charge on any atom is 0.339 e. The van der Waals surface area contributed by atoms with E-state index in [0.717, 1.165) is 0 Å². The van der Waals surface area contributed by atoms with Gasteiger partial charge in [-0.05, 0) is 24.3 Å². The van der Waals surface area contributed by atoms with Crippen LogP contribution in [0.4, 0.5) is 5.69 Å². The standard InChI is InChI=1S/C22H15Cl2NO4/c23-15-10-11-18(24)19(12-15)25-20(26)13-29-22(28)17-9-5-4-8-16(17)21(27)14-6-2-1-3-7-14/h1-12H,13H2,(H,25,26). The number of benzene rings is 3. The SMILES string of the molecule is O=C(COC(=O)c1ccccc1C(=O)c1ccccc1)Nc1cc(Cl)ccc1Cl. The monoisotopic (exact) mass is 427 g/mol. The van der Waals surface area contributed by atoms with Gasteiger partial charge in [-0.15, -0.1) is 0 Å². The van der Waals surface area contributed by atoms with Gasteiger partial charge in [-0.25, -0.2) is 4.79 Å². The topological polar surface area (TPSA) is 72.5 Å². The minimum atomic E-state index is -0.780. The van der Waals surface area contributed by atoms with Gasteiger partial charge in [0.2, 0.25) is 0 Å². The van der Waals surface area contributed by atoms with Crippen molar-refractivity contribution in [1.29, 1.82) is 0 Å². The maximum atomic E-state index is 12.7. The summed E-state index contributed by atoms with van der Waals surface area (Å²) in [5.41, 5.74) is 1.03. The molecule has 0 heterocycles. The fraction of sp³-hybridized carbons (Fsp3) is 0.0455. The molecule has 0 unspecified atom stereocenters. The fourth-order valence-corrected chi connectivity index (χ4v) is 2.93. The van der Waals surface area contributed by atoms with Crippen molar-refractivity contribution in [1.82, 2.24) is 0 Å². The molecule has 1 N–H and O–H groups in total. The van der Waals surface area contributed by atoms with Crippen molar-refractivity contribution in [2.24, 2.45) is 0 Å². The summed E-state index contributed by atoms with van der Waals surface area (Å²) in [6.07, 6.45) is 0. The van der Waals surface area contributed by atoms with E-state index < -0.39 is 18.5 Å². The van der Waals surface area contributed by atoms with E-state index in [1.54, 1.807) is 48.5 Å². The van der Waals surface area contributed by atoms with Gasteiger partial charge in [-0.2, -0.15) is 0 Å². The highest BCUT2D eigenvalue weighted by Crippen LogP contribution is 2.25. The minimum Gasteiger partial charge on any atom is -0.452 e. The number of amides is 1. The van der Waals surface area contributed by atoms with E-state index in [1.807, 2.05) is 0 Å². The van der Waals surface area contributed by atoms with Crippen LogP contribution in [0.15, 0.2) is 72.8 Å². The molecule has 0 aliphatic carbocycles. The first-order valence-electron chi connectivity index (χ1n) is 8.56. The summed E-state index contributed by atoms with van der Waals surface area (Å²) in [6, 6.07) is 19.5. The zero-order chi connectivity index (χ0) is 20.8. The van der Waals surface area contributed by atoms with E-state index in [1.165, 1.54) is 24.3 Å². The number of rotatable bonds is 6. The number of halogens is 2. The Balaban J connectivity index is 1.69. The normalized spacial score (nSPS) is 10.3. The van der Waals surface area contributed by atoms with E-state index in [9.17, 15) is 14.4 Å². The summed E-state index contributed by atoms with van der Waals surface area (Å²) >= 11 is 11.9. The van der Waals surface area contributed by atoms with Crippen molar-refractivity contribution >= 4 is 46.5 Å². The third-order valence-corrected chi connectivity index (χ3v) is 4.53. The first-order chi connectivity index (χ1) is 14.0. The molecule has 0 spiro atoms. The van der Waals surface area contributed by atoms with Gasteiger partial charge in [0.15, 0.2) is 12.4 Å². The van der Waals surface area contributed by atoms with E-state index in [0.29, 0.717) is 21.3 Å². The summed E-state index contributed by atoms with van der Waals surface area (Å²) in [4.78, 5) is 37.3. The van der Waals surface area contributed by atoms with Gasteiger partial charge < -0.3 is 10.1 Å². The molecule has 1 amide bonds. The molecular weight excluding hydrogens is 413 g/mol. The van der Waals surface area contributed by atoms with Gasteiger partial charge in [0.25, 0.3) is 5.91 Å². The molecule has 0 fully saturated rings. The Morgan fingerprint density at radius 2 is 1.48 bits per heavy atom. The van der Waals surface area contributed by atoms with Crippen molar-refractivity contribution in [2.75, 3.05) is 11.9 Å². The third-order valence-electron chi connectivity index (χ3n) is 3.96. The third kappa shape index (κ3) is 5.22. The number of hydrogen-bond donors (Lipinski definition) is 1. The predicted octanol–water partition coefficient (Wildman–Crippen LogP) is 5.02. The van der Waals surface area contributed by atoms with Gasteiger partial charge >= 0.3 is 5.97 Å². The Morgan fingerprint density at radius 3 is 2.21 bits per heavy atom. The largest absolute Gasteiger partial charge is 0.452 e. The van der Waals surface area contributed by atoms with Crippen molar-refractivity contribution < 1.29 is 19.1 Å². The smallest absolute Gasteiger partial charge is 0.339 e. The number of carbonyl (C=O) groups excluding carboxylic acids is 3. The van der Waals surface area contributed by atoms with Crippen LogP contribution in [0.5, 0.6) is 0 Å². The molecule has 0 saturated carbocycles. The molecule has 3 rings (SSSR count). The molecule has 29 heavy (non-hydrogen) atoms. The lowest BCUT2D eigenvalue weighted by Gasteiger charge is -2.10. The molecule has 0 aliphatic rings. The fourth-order valence-electron chi connectivity index (χ4n) is 2.59. The van der Waals surface area contributed by atoms with Crippen LogP contribution in [0.25, 0.3) is 0 Å². The quantitative estimate of drug-likeness (QED) is 0.442. The lowest BCUT2D eigenvalue weighted by molar-refractivity contribution is -0.119. The van der Waals surface area contributed by atoms with Crippen LogP contribution in [-0.4, -0.2) is 24.3 Å². The Bertz CT molecular complexity index is 1070. The summed E-state index contributed by atoms with van der Waals surface area (Å²) in [5, 5.41) is 3.22. The molecule has 7 heteroatoms. The summed E-state index contributed by atoms with van der Waals surface area (Å²) in [6.45, 7) is -0.546. The number of hydrogen-bond acceptors (Lipinski definition) is 4. The van der Waals surface area contributed by atoms with Crippen LogP contribution in [0.2, 0.25) is 10.0 Å². The molecule has 0 aliphatic heterocycles. The average Bonchev–Trinajstić information content (AvgIpc) is 2.74. The molecule has 3 aromatic carbocycles. The molecule has 146 valence electrons. The Kier molecular flexibility index (Phi) is 6.65. The molecule has 0 radical (unpaired) electrons. The molecule has 0 aromatic heterocycles. The van der Waals surface area contributed by atoms with E-state index in [2.05, 4.69) is 5.32 Å². The zero-order valence-electron chi connectivity index (χ0n) is 15.0. The second kappa shape index (κ2) is 9.37. The average molecular weight is 428 g/mol. The van der Waals surface area contributed by atoms with Crippen LogP contribution in [0.3, 0.4) is 0 Å². The van der Waals surface area contributed by atoms with Gasteiger partial charge in [-0.3, -0.25) is 9.59 Å². The number of anilines is 1. The number of ketones is 1. The number of esters is 1. The minimum absolute atomic E-state index is 0.0786. The van der Waals surface area contributed by atoms with Gasteiger partial charge in [0.1, 0.15) is 0 Å². The molecule has 3 aromatic rings. The highest BCUT2D eigenvalue weighted by atomic mass is 35.5. The van der Waals surface area contributed by atoms with Crippen molar-refractivity contribution in [3.63, 3.8) is 0 Å².